The number of carbonyl (C=O) groups excluding carboxylic acids is 2. The number of rotatable bonds is 3. The summed E-state index contributed by atoms with van der Waals surface area (Å²) in [5.74, 6) is -0.0561. The number of ether oxygens (including phenoxy) is 2. The molecule has 0 N–H and O–H groups in total. The van der Waals surface area contributed by atoms with Gasteiger partial charge in [0.15, 0.2) is 6.07 Å². The second-order valence-electron chi connectivity index (χ2n) is 8.29. The zero-order chi connectivity index (χ0) is 18.6. The molecule has 1 amide bonds. The molecular formula is C18H31ClN2O4. The van der Waals surface area contributed by atoms with E-state index in [4.69, 9.17) is 21.1 Å². The highest BCUT2D eigenvalue weighted by Crippen LogP contribution is 2.27. The van der Waals surface area contributed by atoms with Crippen LogP contribution in [0.5, 0.6) is 0 Å². The van der Waals surface area contributed by atoms with Crippen molar-refractivity contribution < 1.29 is 19.1 Å². The third-order valence-electron chi connectivity index (χ3n) is 4.82. The highest BCUT2D eigenvalue weighted by molar-refractivity contribution is 6.17. The van der Waals surface area contributed by atoms with E-state index in [1.807, 2.05) is 20.8 Å². The Morgan fingerprint density at radius 3 is 2.52 bits per heavy atom. The molecule has 0 aromatic heterocycles. The number of piperidine rings is 2. The van der Waals surface area contributed by atoms with E-state index in [0.717, 1.165) is 19.5 Å². The Morgan fingerprint density at radius 2 is 1.92 bits per heavy atom. The van der Waals surface area contributed by atoms with Crippen LogP contribution in [0, 0.1) is 11.8 Å². The van der Waals surface area contributed by atoms with Crippen LogP contribution in [0.3, 0.4) is 0 Å². The van der Waals surface area contributed by atoms with Crippen LogP contribution in [-0.2, 0) is 14.3 Å². The molecule has 0 spiro atoms. The van der Waals surface area contributed by atoms with Crippen LogP contribution in [0.25, 0.3) is 0 Å². The standard InChI is InChI=1S/C18H31ClN2O4/c1-13-6-5-7-20(9-13)15-8-14(16(22)24-12-19)10-21(11-15)17(23)25-18(2,3)4/h13-15H,5-12H2,1-4H3. The summed E-state index contributed by atoms with van der Waals surface area (Å²) < 4.78 is 10.5. The zero-order valence-electron chi connectivity index (χ0n) is 15.8. The Kier molecular flexibility index (Phi) is 6.97. The molecule has 0 bridgehead atoms. The number of esters is 1. The van der Waals surface area contributed by atoms with Gasteiger partial charge in [0.2, 0.25) is 0 Å². The lowest BCUT2D eigenvalue weighted by atomic mass is 9.90. The normalized spacial score (nSPS) is 28.5. The molecule has 2 rings (SSSR count). The first-order valence-corrected chi connectivity index (χ1v) is 9.67. The van der Waals surface area contributed by atoms with Gasteiger partial charge in [0.25, 0.3) is 0 Å². The Morgan fingerprint density at radius 1 is 1.20 bits per heavy atom. The summed E-state index contributed by atoms with van der Waals surface area (Å²) in [4.78, 5) is 28.8. The van der Waals surface area contributed by atoms with Crippen molar-refractivity contribution in [3.63, 3.8) is 0 Å². The molecule has 7 heteroatoms. The van der Waals surface area contributed by atoms with Gasteiger partial charge in [-0.3, -0.25) is 9.69 Å². The lowest BCUT2D eigenvalue weighted by molar-refractivity contribution is -0.149. The Hall–Kier alpha value is -1.01. The van der Waals surface area contributed by atoms with Crippen LogP contribution < -0.4 is 0 Å². The molecule has 2 aliphatic rings. The predicted octanol–water partition coefficient (Wildman–Crippen LogP) is 3.08. The van der Waals surface area contributed by atoms with E-state index in [2.05, 4.69) is 11.8 Å². The van der Waals surface area contributed by atoms with Gasteiger partial charge in [-0.2, -0.15) is 0 Å². The van der Waals surface area contributed by atoms with Gasteiger partial charge in [-0.1, -0.05) is 18.5 Å². The quantitative estimate of drug-likeness (QED) is 0.561. The van der Waals surface area contributed by atoms with Crippen molar-refractivity contribution in [2.24, 2.45) is 11.8 Å². The van der Waals surface area contributed by atoms with Crippen molar-refractivity contribution in [3.8, 4) is 0 Å². The minimum Gasteiger partial charge on any atom is -0.449 e. The summed E-state index contributed by atoms with van der Waals surface area (Å²) in [5.41, 5.74) is -0.560. The van der Waals surface area contributed by atoms with Crippen LogP contribution in [0.2, 0.25) is 0 Å². The topological polar surface area (TPSA) is 59.1 Å². The number of nitrogens with zero attached hydrogens (tertiary/aromatic N) is 2. The Labute approximate surface area is 155 Å². The minimum absolute atomic E-state index is 0.150. The van der Waals surface area contributed by atoms with E-state index >= 15 is 0 Å². The van der Waals surface area contributed by atoms with Gasteiger partial charge in [-0.05, 0) is 52.5 Å². The van der Waals surface area contributed by atoms with E-state index in [0.29, 0.717) is 25.4 Å². The molecule has 2 saturated heterocycles. The maximum absolute atomic E-state index is 12.5. The number of alkyl halides is 1. The van der Waals surface area contributed by atoms with Gasteiger partial charge in [0.05, 0.1) is 5.92 Å². The predicted molar refractivity (Wildman–Crippen MR) is 96.5 cm³/mol. The van der Waals surface area contributed by atoms with Gasteiger partial charge < -0.3 is 14.4 Å². The van der Waals surface area contributed by atoms with E-state index in [-0.39, 0.29) is 30.1 Å². The van der Waals surface area contributed by atoms with Crippen molar-refractivity contribution in [1.82, 2.24) is 9.80 Å². The second-order valence-corrected chi connectivity index (χ2v) is 8.50. The van der Waals surface area contributed by atoms with E-state index in [1.54, 1.807) is 4.90 Å². The summed E-state index contributed by atoms with van der Waals surface area (Å²) in [6.07, 6.45) is 2.71. The third-order valence-corrected chi connectivity index (χ3v) is 4.92. The number of hydrogen-bond donors (Lipinski definition) is 0. The summed E-state index contributed by atoms with van der Waals surface area (Å²) in [6.45, 7) is 10.7. The molecule has 144 valence electrons. The smallest absolute Gasteiger partial charge is 0.410 e. The summed E-state index contributed by atoms with van der Waals surface area (Å²) >= 11 is 5.55. The summed E-state index contributed by atoms with van der Waals surface area (Å²) in [7, 11) is 0. The molecule has 6 nitrogen and oxygen atoms in total. The lowest BCUT2D eigenvalue weighted by Crippen LogP contribution is -2.56. The zero-order valence-corrected chi connectivity index (χ0v) is 16.6. The molecule has 0 aromatic rings. The number of hydrogen-bond acceptors (Lipinski definition) is 5. The molecule has 0 radical (unpaired) electrons. The number of amides is 1. The van der Waals surface area contributed by atoms with Gasteiger partial charge in [-0.25, -0.2) is 4.79 Å². The van der Waals surface area contributed by atoms with Crippen molar-refractivity contribution >= 4 is 23.7 Å². The first-order valence-electron chi connectivity index (χ1n) is 9.14. The van der Waals surface area contributed by atoms with Crippen LogP contribution in [0.4, 0.5) is 4.79 Å². The molecule has 2 fully saturated rings. The van der Waals surface area contributed by atoms with Crippen LogP contribution in [0.1, 0.15) is 47.0 Å². The molecule has 2 aliphatic heterocycles. The number of likely N-dealkylation sites (tertiary alicyclic amines) is 2. The molecule has 0 aromatic carbocycles. The summed E-state index contributed by atoms with van der Waals surface area (Å²) in [5, 5.41) is 0. The average Bonchev–Trinajstić information content (AvgIpc) is 2.53. The molecule has 25 heavy (non-hydrogen) atoms. The molecular weight excluding hydrogens is 344 g/mol. The fourth-order valence-electron chi connectivity index (χ4n) is 3.71. The highest BCUT2D eigenvalue weighted by atomic mass is 35.5. The van der Waals surface area contributed by atoms with Gasteiger partial charge in [-0.15, -0.1) is 0 Å². The van der Waals surface area contributed by atoms with Crippen molar-refractivity contribution in [2.75, 3.05) is 32.2 Å². The molecule has 0 aliphatic carbocycles. The monoisotopic (exact) mass is 374 g/mol. The lowest BCUT2D eigenvalue weighted by Gasteiger charge is -2.44. The fraction of sp³-hybridized carbons (Fsp3) is 0.889. The first-order chi connectivity index (χ1) is 11.7. The molecule has 3 atom stereocenters. The average molecular weight is 375 g/mol. The molecule has 3 unspecified atom stereocenters. The van der Waals surface area contributed by atoms with Crippen LogP contribution in [-0.4, -0.2) is 65.8 Å². The van der Waals surface area contributed by atoms with Crippen molar-refractivity contribution in [2.45, 2.75) is 58.6 Å². The fourth-order valence-corrected chi connectivity index (χ4v) is 3.82. The first kappa shape index (κ1) is 20.3. The third kappa shape index (κ3) is 6.03. The maximum Gasteiger partial charge on any atom is 0.410 e. The Bertz CT molecular complexity index is 480. The second kappa shape index (κ2) is 8.58. The van der Waals surface area contributed by atoms with Crippen molar-refractivity contribution in [3.05, 3.63) is 0 Å². The molecule has 2 heterocycles. The van der Waals surface area contributed by atoms with Gasteiger partial charge >= 0.3 is 12.1 Å². The van der Waals surface area contributed by atoms with Crippen molar-refractivity contribution in [1.29, 1.82) is 0 Å². The van der Waals surface area contributed by atoms with E-state index < -0.39 is 5.60 Å². The van der Waals surface area contributed by atoms with E-state index in [9.17, 15) is 9.59 Å². The van der Waals surface area contributed by atoms with Gasteiger partial charge in [0, 0.05) is 25.7 Å². The molecule has 0 saturated carbocycles. The largest absolute Gasteiger partial charge is 0.449 e. The Balaban J connectivity index is 2.10. The van der Waals surface area contributed by atoms with Gasteiger partial charge in [0.1, 0.15) is 5.60 Å². The SMILES string of the molecule is CC1CCCN(C2CC(C(=O)OCCl)CN(C(=O)OC(C)(C)C)C2)C1. The number of halogens is 1. The number of carbonyl (C=O) groups is 2. The van der Waals surface area contributed by atoms with Crippen LogP contribution in [0.15, 0.2) is 0 Å². The maximum atomic E-state index is 12.5. The highest BCUT2D eigenvalue weighted by Gasteiger charge is 2.39. The minimum atomic E-state index is -0.560. The van der Waals surface area contributed by atoms with Crippen LogP contribution >= 0.6 is 11.6 Å². The summed E-state index contributed by atoms with van der Waals surface area (Å²) in [6, 6.07) is -0.00964. The van der Waals surface area contributed by atoms with E-state index in [1.165, 1.54) is 6.42 Å².